The molecular weight excluding hydrogens is 186 g/mol. The molecule has 3 rings (SSSR count). The monoisotopic (exact) mass is 197 g/mol. The van der Waals surface area contributed by atoms with Crippen LogP contribution in [0, 0.1) is 0 Å². The Hall–Kier alpha value is -2.03. The van der Waals surface area contributed by atoms with Crippen molar-refractivity contribution >= 4 is 11.4 Å². The van der Waals surface area contributed by atoms with Crippen LogP contribution in [0.4, 0.5) is 11.4 Å². The van der Waals surface area contributed by atoms with Crippen LogP contribution in [0.1, 0.15) is 11.9 Å². The van der Waals surface area contributed by atoms with Gasteiger partial charge < -0.3 is 10.6 Å². The van der Waals surface area contributed by atoms with E-state index >= 15 is 0 Å². The maximum Gasteiger partial charge on any atom is 0.141 e. The van der Waals surface area contributed by atoms with Crippen molar-refractivity contribution in [2.45, 2.75) is 6.17 Å². The van der Waals surface area contributed by atoms with E-state index in [4.69, 9.17) is 0 Å². The third kappa shape index (κ3) is 1.42. The van der Waals surface area contributed by atoms with Gasteiger partial charge in [0.2, 0.25) is 0 Å². The molecule has 0 unspecified atom stereocenters. The van der Waals surface area contributed by atoms with Crippen LogP contribution >= 0.6 is 0 Å². The van der Waals surface area contributed by atoms with Crippen molar-refractivity contribution in [1.29, 1.82) is 0 Å². The number of para-hydroxylation sites is 2. The molecule has 0 radical (unpaired) electrons. The van der Waals surface area contributed by atoms with Crippen molar-refractivity contribution in [1.82, 2.24) is 4.98 Å². The molecule has 1 aliphatic rings. The zero-order valence-corrected chi connectivity index (χ0v) is 8.14. The van der Waals surface area contributed by atoms with Crippen molar-refractivity contribution in [3.63, 3.8) is 0 Å². The lowest BCUT2D eigenvalue weighted by atomic mass is 10.3. The Morgan fingerprint density at radius 1 is 0.867 bits per heavy atom. The molecule has 1 aliphatic heterocycles. The quantitative estimate of drug-likeness (QED) is 0.737. The highest BCUT2D eigenvalue weighted by molar-refractivity contribution is 5.74. The molecule has 2 N–H and O–H groups in total. The second kappa shape index (κ2) is 3.28. The van der Waals surface area contributed by atoms with Crippen molar-refractivity contribution in [3.05, 3.63) is 54.4 Å². The van der Waals surface area contributed by atoms with Gasteiger partial charge in [-0.25, -0.2) is 0 Å². The molecule has 3 heteroatoms. The van der Waals surface area contributed by atoms with Gasteiger partial charge in [-0.05, 0) is 24.3 Å². The summed E-state index contributed by atoms with van der Waals surface area (Å²) in [5.41, 5.74) is 3.27. The molecular formula is C12H11N3. The normalized spacial score (nSPS) is 14.1. The summed E-state index contributed by atoms with van der Waals surface area (Å²) in [4.78, 5) is 4.32. The van der Waals surface area contributed by atoms with Crippen LogP contribution in [0.3, 0.4) is 0 Å². The number of fused-ring (bicyclic) bond motifs is 1. The summed E-state index contributed by atoms with van der Waals surface area (Å²) in [6, 6.07) is 14.1. The Bertz CT molecular complexity index is 442. The number of benzene rings is 1. The second-order valence-electron chi connectivity index (χ2n) is 3.52. The minimum absolute atomic E-state index is 0.0867. The van der Waals surface area contributed by atoms with E-state index in [1.807, 2.05) is 36.5 Å². The smallest absolute Gasteiger partial charge is 0.141 e. The summed E-state index contributed by atoms with van der Waals surface area (Å²) < 4.78 is 0. The third-order valence-corrected chi connectivity index (χ3v) is 2.51. The molecule has 2 heterocycles. The van der Waals surface area contributed by atoms with Crippen molar-refractivity contribution in [2.75, 3.05) is 10.6 Å². The number of anilines is 2. The fourth-order valence-corrected chi connectivity index (χ4v) is 1.78. The maximum atomic E-state index is 4.32. The number of aromatic nitrogens is 1. The molecule has 1 aromatic carbocycles. The fraction of sp³-hybridized carbons (Fsp3) is 0.0833. The number of pyridine rings is 1. The van der Waals surface area contributed by atoms with Gasteiger partial charge in [0, 0.05) is 6.20 Å². The highest BCUT2D eigenvalue weighted by atomic mass is 15.2. The average Bonchev–Trinajstić information content (AvgIpc) is 2.74. The van der Waals surface area contributed by atoms with Crippen LogP contribution < -0.4 is 10.6 Å². The minimum atomic E-state index is 0.0867. The zero-order chi connectivity index (χ0) is 10.1. The van der Waals surface area contributed by atoms with Crippen LogP contribution in [-0.2, 0) is 0 Å². The molecule has 15 heavy (non-hydrogen) atoms. The summed E-state index contributed by atoms with van der Waals surface area (Å²) >= 11 is 0. The maximum absolute atomic E-state index is 4.32. The van der Waals surface area contributed by atoms with E-state index < -0.39 is 0 Å². The summed E-state index contributed by atoms with van der Waals surface area (Å²) in [5, 5.41) is 6.75. The number of nitrogens with one attached hydrogen (secondary N) is 2. The number of hydrogen-bond acceptors (Lipinski definition) is 3. The van der Waals surface area contributed by atoms with Gasteiger partial charge in [0.1, 0.15) is 6.17 Å². The zero-order valence-electron chi connectivity index (χ0n) is 8.14. The number of nitrogens with zero attached hydrogens (tertiary/aromatic N) is 1. The van der Waals surface area contributed by atoms with E-state index in [-0.39, 0.29) is 6.17 Å². The highest BCUT2D eigenvalue weighted by Crippen LogP contribution is 2.33. The Morgan fingerprint density at radius 3 is 2.13 bits per heavy atom. The van der Waals surface area contributed by atoms with Gasteiger partial charge in [0.15, 0.2) is 0 Å². The van der Waals surface area contributed by atoms with Crippen molar-refractivity contribution in [3.8, 4) is 0 Å². The van der Waals surface area contributed by atoms with E-state index in [0.29, 0.717) is 0 Å². The fourth-order valence-electron chi connectivity index (χ4n) is 1.78. The van der Waals surface area contributed by atoms with Gasteiger partial charge in [0.25, 0.3) is 0 Å². The van der Waals surface area contributed by atoms with E-state index in [1.54, 1.807) is 0 Å². The number of hydrogen-bond donors (Lipinski definition) is 2. The molecule has 0 saturated heterocycles. The summed E-state index contributed by atoms with van der Waals surface area (Å²) in [5.74, 6) is 0. The first-order valence-corrected chi connectivity index (χ1v) is 4.96. The van der Waals surface area contributed by atoms with Crippen LogP contribution in [0.25, 0.3) is 0 Å². The first-order valence-electron chi connectivity index (χ1n) is 4.96. The predicted octanol–water partition coefficient (Wildman–Crippen LogP) is 2.62. The molecule has 0 spiro atoms. The lowest BCUT2D eigenvalue weighted by molar-refractivity contribution is 0.886. The second-order valence-corrected chi connectivity index (χ2v) is 3.52. The first-order chi connectivity index (χ1) is 7.43. The molecule has 0 atom stereocenters. The van der Waals surface area contributed by atoms with E-state index in [9.17, 15) is 0 Å². The van der Waals surface area contributed by atoms with Gasteiger partial charge in [-0.2, -0.15) is 0 Å². The predicted molar refractivity (Wildman–Crippen MR) is 60.7 cm³/mol. The first kappa shape index (κ1) is 8.29. The molecule has 0 bridgehead atoms. The molecule has 0 amide bonds. The third-order valence-electron chi connectivity index (χ3n) is 2.51. The summed E-state index contributed by atoms with van der Waals surface area (Å²) in [6.07, 6.45) is 1.89. The molecule has 2 aromatic rings. The van der Waals surface area contributed by atoms with Gasteiger partial charge >= 0.3 is 0 Å². The average molecular weight is 197 g/mol. The Kier molecular flexibility index (Phi) is 1.81. The Balaban J connectivity index is 1.91. The van der Waals surface area contributed by atoms with Crippen LogP contribution in [0.5, 0.6) is 0 Å². The van der Waals surface area contributed by atoms with Gasteiger partial charge in [0.05, 0.1) is 17.1 Å². The largest absolute Gasteiger partial charge is 0.359 e. The SMILES string of the molecule is c1ccc(C2Nc3ccccc3N2)nc1. The molecule has 0 fully saturated rings. The lowest BCUT2D eigenvalue weighted by Gasteiger charge is -2.10. The van der Waals surface area contributed by atoms with Crippen molar-refractivity contribution in [2.24, 2.45) is 0 Å². The number of rotatable bonds is 1. The van der Waals surface area contributed by atoms with Crippen molar-refractivity contribution < 1.29 is 0 Å². The Morgan fingerprint density at radius 2 is 1.53 bits per heavy atom. The molecule has 1 aromatic heterocycles. The van der Waals surface area contributed by atoms with E-state index in [0.717, 1.165) is 17.1 Å². The van der Waals surface area contributed by atoms with Gasteiger partial charge in [-0.15, -0.1) is 0 Å². The lowest BCUT2D eigenvalue weighted by Crippen LogP contribution is -2.13. The Labute approximate surface area is 88.2 Å². The van der Waals surface area contributed by atoms with Gasteiger partial charge in [-0.1, -0.05) is 18.2 Å². The standard InChI is InChI=1S/C12H11N3/c1-2-6-10-9(5-1)14-12(15-10)11-7-3-4-8-13-11/h1-8,12,14-15H. The van der Waals surface area contributed by atoms with E-state index in [1.165, 1.54) is 0 Å². The van der Waals surface area contributed by atoms with Crippen LogP contribution in [-0.4, -0.2) is 4.98 Å². The molecule has 3 nitrogen and oxygen atoms in total. The summed E-state index contributed by atoms with van der Waals surface area (Å²) in [7, 11) is 0. The molecule has 0 saturated carbocycles. The van der Waals surface area contributed by atoms with Crippen LogP contribution in [0.15, 0.2) is 48.7 Å². The minimum Gasteiger partial charge on any atom is -0.359 e. The topological polar surface area (TPSA) is 37.0 Å². The molecule has 0 aliphatic carbocycles. The van der Waals surface area contributed by atoms with E-state index in [2.05, 4.69) is 27.8 Å². The van der Waals surface area contributed by atoms with Crippen LogP contribution in [0.2, 0.25) is 0 Å². The summed E-state index contributed by atoms with van der Waals surface area (Å²) in [6.45, 7) is 0. The molecule has 74 valence electrons. The van der Waals surface area contributed by atoms with Gasteiger partial charge in [-0.3, -0.25) is 4.98 Å². The highest BCUT2D eigenvalue weighted by Gasteiger charge is 2.20.